The Morgan fingerprint density at radius 2 is 1.93 bits per heavy atom. The van der Waals surface area contributed by atoms with Crippen LogP contribution >= 0.6 is 11.3 Å². The Balaban J connectivity index is 1.39. The number of thiazole rings is 1. The molecule has 3 aromatic rings. The van der Waals surface area contributed by atoms with Crippen LogP contribution in [-0.2, 0) is 11.3 Å². The molecule has 0 unspecified atom stereocenters. The fraction of sp³-hybridized carbons (Fsp3) is 0.227. The summed E-state index contributed by atoms with van der Waals surface area (Å²) >= 11 is 1.38. The molecule has 0 bridgehead atoms. The minimum atomic E-state index is -0.204. The summed E-state index contributed by atoms with van der Waals surface area (Å²) in [6.45, 7) is 1.40. The van der Waals surface area contributed by atoms with Crippen LogP contribution in [0, 0.1) is 0 Å². The highest BCUT2D eigenvalue weighted by Gasteiger charge is 2.20. The van der Waals surface area contributed by atoms with E-state index in [1.807, 2.05) is 46.7 Å². The Morgan fingerprint density at radius 1 is 1.17 bits per heavy atom. The number of carbonyl (C=O) groups is 2. The van der Waals surface area contributed by atoms with E-state index in [1.54, 1.807) is 19.2 Å². The molecule has 29 heavy (non-hydrogen) atoms. The van der Waals surface area contributed by atoms with E-state index in [1.165, 1.54) is 11.3 Å². The molecule has 0 spiro atoms. The van der Waals surface area contributed by atoms with E-state index in [2.05, 4.69) is 10.3 Å². The number of anilines is 1. The lowest BCUT2D eigenvalue weighted by Gasteiger charge is -2.15. The van der Waals surface area contributed by atoms with Gasteiger partial charge in [-0.3, -0.25) is 14.9 Å². The lowest BCUT2D eigenvalue weighted by Crippen LogP contribution is -2.23. The van der Waals surface area contributed by atoms with Crippen molar-refractivity contribution in [3.63, 3.8) is 0 Å². The number of nitrogens with zero attached hydrogens (tertiary/aromatic N) is 2. The molecule has 2 heterocycles. The zero-order valence-corrected chi connectivity index (χ0v) is 16.9. The first-order chi connectivity index (χ1) is 14.1. The fourth-order valence-electron chi connectivity index (χ4n) is 3.25. The van der Waals surface area contributed by atoms with Gasteiger partial charge >= 0.3 is 0 Å². The van der Waals surface area contributed by atoms with E-state index < -0.39 is 0 Å². The number of hydrogen-bond acceptors (Lipinski definition) is 5. The zero-order chi connectivity index (χ0) is 20.2. The highest BCUT2D eigenvalue weighted by atomic mass is 32.1. The van der Waals surface area contributed by atoms with E-state index in [4.69, 9.17) is 4.74 Å². The number of rotatable bonds is 6. The Morgan fingerprint density at radius 3 is 2.59 bits per heavy atom. The summed E-state index contributed by atoms with van der Waals surface area (Å²) in [5, 5.41) is 5.31. The Kier molecular flexibility index (Phi) is 5.57. The quantitative estimate of drug-likeness (QED) is 0.665. The van der Waals surface area contributed by atoms with E-state index in [0.717, 1.165) is 35.5 Å². The first kappa shape index (κ1) is 19.1. The third kappa shape index (κ3) is 4.46. The largest absolute Gasteiger partial charge is 0.497 e. The maximum Gasteiger partial charge on any atom is 0.257 e. The second-order valence-corrected chi connectivity index (χ2v) is 7.69. The minimum Gasteiger partial charge on any atom is -0.497 e. The number of likely N-dealkylation sites (tertiary alicyclic amines) is 1. The van der Waals surface area contributed by atoms with Crippen LogP contribution < -0.4 is 10.1 Å². The number of carbonyl (C=O) groups excluding carboxylic acids is 2. The van der Waals surface area contributed by atoms with E-state index in [9.17, 15) is 9.59 Å². The smallest absolute Gasteiger partial charge is 0.257 e. The van der Waals surface area contributed by atoms with Crippen molar-refractivity contribution < 1.29 is 14.3 Å². The van der Waals surface area contributed by atoms with Gasteiger partial charge in [0.05, 0.1) is 12.8 Å². The van der Waals surface area contributed by atoms with Crippen molar-refractivity contribution in [3.8, 4) is 17.0 Å². The van der Waals surface area contributed by atoms with Crippen LogP contribution in [0.4, 0.5) is 5.13 Å². The summed E-state index contributed by atoms with van der Waals surface area (Å²) in [4.78, 5) is 30.6. The second-order valence-electron chi connectivity index (χ2n) is 6.84. The van der Waals surface area contributed by atoms with Crippen molar-refractivity contribution in [2.75, 3.05) is 19.0 Å². The van der Waals surface area contributed by atoms with Crippen LogP contribution in [0.15, 0.2) is 53.9 Å². The van der Waals surface area contributed by atoms with Gasteiger partial charge in [0.2, 0.25) is 5.91 Å². The van der Waals surface area contributed by atoms with Gasteiger partial charge in [-0.25, -0.2) is 4.98 Å². The van der Waals surface area contributed by atoms with E-state index in [0.29, 0.717) is 23.7 Å². The van der Waals surface area contributed by atoms with Gasteiger partial charge in [-0.15, -0.1) is 11.3 Å². The molecular formula is C22H21N3O3S. The topological polar surface area (TPSA) is 71.5 Å². The number of methoxy groups -OCH3 is 1. The van der Waals surface area contributed by atoms with Crippen molar-refractivity contribution in [3.05, 3.63) is 65.0 Å². The summed E-state index contributed by atoms with van der Waals surface area (Å²) in [5.41, 5.74) is 3.34. The normalized spacial score (nSPS) is 13.6. The highest BCUT2D eigenvalue weighted by Crippen LogP contribution is 2.26. The van der Waals surface area contributed by atoms with Crippen LogP contribution in [0.2, 0.25) is 0 Å². The predicted molar refractivity (Wildman–Crippen MR) is 113 cm³/mol. The molecule has 7 heteroatoms. The molecule has 148 valence electrons. The van der Waals surface area contributed by atoms with Crippen molar-refractivity contribution >= 4 is 28.3 Å². The summed E-state index contributed by atoms with van der Waals surface area (Å²) in [5.74, 6) is 0.780. The van der Waals surface area contributed by atoms with Crippen molar-refractivity contribution in [1.29, 1.82) is 0 Å². The lowest BCUT2D eigenvalue weighted by atomic mass is 10.1. The number of aromatic nitrogens is 1. The zero-order valence-electron chi connectivity index (χ0n) is 16.1. The molecule has 2 aromatic carbocycles. The summed E-state index contributed by atoms with van der Waals surface area (Å²) in [7, 11) is 1.63. The summed E-state index contributed by atoms with van der Waals surface area (Å²) in [6, 6.07) is 15.0. The van der Waals surface area contributed by atoms with Crippen molar-refractivity contribution in [1.82, 2.24) is 9.88 Å². The molecule has 1 aromatic heterocycles. The second kappa shape index (κ2) is 8.45. The minimum absolute atomic E-state index is 0.197. The molecule has 0 saturated carbocycles. The van der Waals surface area contributed by atoms with E-state index >= 15 is 0 Å². The molecule has 4 rings (SSSR count). The average molecular weight is 407 g/mol. The van der Waals surface area contributed by atoms with Crippen LogP contribution in [-0.4, -0.2) is 35.4 Å². The van der Waals surface area contributed by atoms with Gasteiger partial charge in [0.15, 0.2) is 5.13 Å². The van der Waals surface area contributed by atoms with Gasteiger partial charge in [-0.05, 0) is 48.4 Å². The first-order valence-corrected chi connectivity index (χ1v) is 10.3. The molecule has 1 saturated heterocycles. The molecule has 0 aliphatic carbocycles. The number of hydrogen-bond donors (Lipinski definition) is 1. The van der Waals surface area contributed by atoms with Crippen LogP contribution in [0.25, 0.3) is 11.3 Å². The Labute approximate surface area is 173 Å². The number of ether oxygens (including phenoxy) is 1. The molecule has 1 fully saturated rings. The van der Waals surface area contributed by atoms with E-state index in [-0.39, 0.29) is 11.8 Å². The van der Waals surface area contributed by atoms with Gasteiger partial charge < -0.3 is 9.64 Å². The molecule has 6 nitrogen and oxygen atoms in total. The van der Waals surface area contributed by atoms with Crippen LogP contribution in [0.5, 0.6) is 5.75 Å². The molecule has 0 radical (unpaired) electrons. The lowest BCUT2D eigenvalue weighted by molar-refractivity contribution is -0.128. The van der Waals surface area contributed by atoms with Crippen molar-refractivity contribution in [2.24, 2.45) is 0 Å². The average Bonchev–Trinajstić information content (AvgIpc) is 3.38. The van der Waals surface area contributed by atoms with Gasteiger partial charge in [-0.1, -0.05) is 12.1 Å². The van der Waals surface area contributed by atoms with Gasteiger partial charge in [0, 0.05) is 36.0 Å². The number of benzene rings is 2. The van der Waals surface area contributed by atoms with Crippen LogP contribution in [0.1, 0.15) is 28.8 Å². The summed E-state index contributed by atoms with van der Waals surface area (Å²) < 4.78 is 5.17. The Bertz CT molecular complexity index is 1010. The SMILES string of the molecule is COc1ccc(-c2csc(NC(=O)c3ccc(CN4CCCC4=O)cc3)n2)cc1. The maximum absolute atomic E-state index is 12.5. The first-order valence-electron chi connectivity index (χ1n) is 9.40. The molecule has 1 aliphatic rings. The monoisotopic (exact) mass is 407 g/mol. The fourth-order valence-corrected chi connectivity index (χ4v) is 3.96. The standard InChI is InChI=1S/C22H21N3O3S/c1-28-18-10-8-16(9-11-18)19-14-29-22(23-19)24-21(27)17-6-4-15(5-7-17)13-25-12-2-3-20(25)26/h4-11,14H,2-3,12-13H2,1H3,(H,23,24,27). The van der Waals surface area contributed by atoms with Crippen LogP contribution in [0.3, 0.4) is 0 Å². The number of amides is 2. The Hall–Kier alpha value is -3.19. The maximum atomic E-state index is 12.5. The third-order valence-electron chi connectivity index (χ3n) is 4.87. The molecular weight excluding hydrogens is 386 g/mol. The molecule has 1 N–H and O–H groups in total. The third-order valence-corrected chi connectivity index (χ3v) is 5.63. The highest BCUT2D eigenvalue weighted by molar-refractivity contribution is 7.14. The van der Waals surface area contributed by atoms with Crippen molar-refractivity contribution in [2.45, 2.75) is 19.4 Å². The predicted octanol–water partition coefficient (Wildman–Crippen LogP) is 4.19. The number of nitrogens with one attached hydrogen (secondary N) is 1. The van der Waals surface area contributed by atoms with Gasteiger partial charge in [-0.2, -0.15) is 0 Å². The molecule has 0 atom stereocenters. The van der Waals surface area contributed by atoms with Gasteiger partial charge in [0.1, 0.15) is 5.75 Å². The van der Waals surface area contributed by atoms with Gasteiger partial charge in [0.25, 0.3) is 5.91 Å². The molecule has 2 amide bonds. The summed E-state index contributed by atoms with van der Waals surface area (Å²) in [6.07, 6.45) is 1.55. The molecule has 1 aliphatic heterocycles.